The second-order valence-electron chi connectivity index (χ2n) is 8.94. The van der Waals surface area contributed by atoms with Crippen LogP contribution in [0.4, 0.5) is 5.69 Å². The van der Waals surface area contributed by atoms with Crippen molar-refractivity contribution in [3.05, 3.63) is 59.3 Å². The molecule has 3 fully saturated rings. The SMILES string of the molecule is OC(C1CC1)N1CC(Nc2cc(-c3cccc(C4CN4)c3)cc3c2CNC=C3)C1. The van der Waals surface area contributed by atoms with Gasteiger partial charge in [-0.1, -0.05) is 18.2 Å². The molecule has 3 heterocycles. The van der Waals surface area contributed by atoms with E-state index < -0.39 is 0 Å². The van der Waals surface area contributed by atoms with Crippen molar-refractivity contribution < 1.29 is 5.11 Å². The van der Waals surface area contributed by atoms with E-state index in [4.69, 9.17) is 0 Å². The first-order chi connectivity index (χ1) is 14.2. The molecule has 2 atom stereocenters. The smallest absolute Gasteiger partial charge is 0.110 e. The van der Waals surface area contributed by atoms with Crippen LogP contribution in [-0.4, -0.2) is 41.9 Å². The number of rotatable bonds is 6. The fraction of sp³-hybridized carbons (Fsp3) is 0.417. The maximum absolute atomic E-state index is 10.3. The van der Waals surface area contributed by atoms with Gasteiger partial charge in [-0.2, -0.15) is 0 Å². The average Bonchev–Trinajstić information content (AvgIpc) is 3.62. The van der Waals surface area contributed by atoms with E-state index in [1.807, 2.05) is 6.20 Å². The summed E-state index contributed by atoms with van der Waals surface area (Å²) in [5, 5.41) is 20.9. The molecule has 2 saturated heterocycles. The Labute approximate surface area is 171 Å². The predicted molar refractivity (Wildman–Crippen MR) is 116 cm³/mol. The lowest BCUT2D eigenvalue weighted by Crippen LogP contribution is -2.59. The third-order valence-corrected chi connectivity index (χ3v) is 6.66. The summed E-state index contributed by atoms with van der Waals surface area (Å²) in [6.45, 7) is 3.77. The van der Waals surface area contributed by atoms with E-state index in [0.717, 1.165) is 26.2 Å². The molecule has 3 aliphatic heterocycles. The highest BCUT2D eigenvalue weighted by molar-refractivity contribution is 5.77. The Morgan fingerprint density at radius 3 is 2.76 bits per heavy atom. The number of anilines is 1. The summed E-state index contributed by atoms with van der Waals surface area (Å²) >= 11 is 0. The summed E-state index contributed by atoms with van der Waals surface area (Å²) in [7, 11) is 0. The van der Waals surface area contributed by atoms with Crippen molar-refractivity contribution in [1.29, 1.82) is 0 Å². The molecule has 1 saturated carbocycles. The number of benzene rings is 2. The van der Waals surface area contributed by atoms with Crippen molar-refractivity contribution in [2.75, 3.05) is 25.0 Å². The summed E-state index contributed by atoms with van der Waals surface area (Å²) in [4.78, 5) is 2.20. The first-order valence-electron chi connectivity index (χ1n) is 10.8. The van der Waals surface area contributed by atoms with Gasteiger partial charge in [0.15, 0.2) is 0 Å². The number of likely N-dealkylation sites (tertiary alicyclic amines) is 1. The van der Waals surface area contributed by atoms with Crippen LogP contribution < -0.4 is 16.0 Å². The van der Waals surface area contributed by atoms with Gasteiger partial charge in [-0.25, -0.2) is 0 Å². The molecule has 0 radical (unpaired) electrons. The maximum atomic E-state index is 10.3. The summed E-state index contributed by atoms with van der Waals surface area (Å²) in [5.74, 6) is 0.509. The van der Waals surface area contributed by atoms with Crippen molar-refractivity contribution >= 4 is 11.8 Å². The van der Waals surface area contributed by atoms with Crippen molar-refractivity contribution in [2.45, 2.75) is 37.7 Å². The highest BCUT2D eigenvalue weighted by Crippen LogP contribution is 2.37. The molecule has 1 aliphatic carbocycles. The third kappa shape index (κ3) is 3.44. The Hall–Kier alpha value is -2.34. The van der Waals surface area contributed by atoms with Crippen LogP contribution in [0.25, 0.3) is 17.2 Å². The van der Waals surface area contributed by atoms with Crippen LogP contribution in [0.2, 0.25) is 0 Å². The first kappa shape index (κ1) is 17.5. The molecule has 150 valence electrons. The summed E-state index contributed by atoms with van der Waals surface area (Å²) in [5.41, 5.74) is 7.73. The van der Waals surface area contributed by atoms with Crippen molar-refractivity contribution in [1.82, 2.24) is 15.5 Å². The topological polar surface area (TPSA) is 69.5 Å². The van der Waals surface area contributed by atoms with Crippen LogP contribution in [0.15, 0.2) is 42.6 Å². The van der Waals surface area contributed by atoms with Gasteiger partial charge in [0.2, 0.25) is 0 Å². The lowest BCUT2D eigenvalue weighted by molar-refractivity contribution is -0.0539. The molecular weight excluding hydrogens is 360 g/mol. The lowest BCUT2D eigenvalue weighted by Gasteiger charge is -2.43. The van der Waals surface area contributed by atoms with Crippen molar-refractivity contribution in [3.8, 4) is 11.1 Å². The van der Waals surface area contributed by atoms with Gasteiger partial charge in [-0.05, 0) is 71.5 Å². The standard InChI is InChI=1S/C24H28N4O/c29-24(15-4-5-15)28-13-20(14-28)27-22-10-19(9-17-6-7-25-11-21(17)22)16-2-1-3-18(8-16)23-12-26-23/h1-3,6-10,15,20,23-27,29H,4-5,11-14H2. The first-order valence-corrected chi connectivity index (χ1v) is 10.8. The molecule has 0 bridgehead atoms. The van der Waals surface area contributed by atoms with Crippen LogP contribution in [-0.2, 0) is 6.54 Å². The molecule has 4 aliphatic rings. The Morgan fingerprint density at radius 2 is 1.97 bits per heavy atom. The zero-order valence-electron chi connectivity index (χ0n) is 16.6. The second-order valence-corrected chi connectivity index (χ2v) is 8.94. The van der Waals surface area contributed by atoms with E-state index in [1.54, 1.807) is 0 Å². The molecule has 5 heteroatoms. The molecule has 0 amide bonds. The van der Waals surface area contributed by atoms with E-state index in [9.17, 15) is 5.11 Å². The number of hydrogen-bond acceptors (Lipinski definition) is 5. The van der Waals surface area contributed by atoms with Gasteiger partial charge in [0, 0.05) is 43.5 Å². The van der Waals surface area contributed by atoms with Gasteiger partial charge in [-0.3, -0.25) is 4.90 Å². The summed E-state index contributed by atoms with van der Waals surface area (Å²) < 4.78 is 0. The molecule has 6 rings (SSSR count). The molecule has 2 aromatic rings. The highest BCUT2D eigenvalue weighted by atomic mass is 16.3. The third-order valence-electron chi connectivity index (χ3n) is 6.66. The minimum Gasteiger partial charge on any atom is -0.387 e. The molecule has 0 aromatic heterocycles. The zero-order valence-corrected chi connectivity index (χ0v) is 16.6. The normalized spacial score (nSPS) is 24.4. The van der Waals surface area contributed by atoms with E-state index in [2.05, 4.69) is 63.3 Å². The van der Waals surface area contributed by atoms with Gasteiger partial charge < -0.3 is 21.1 Å². The van der Waals surface area contributed by atoms with E-state index in [0.29, 0.717) is 18.0 Å². The van der Waals surface area contributed by atoms with Gasteiger partial charge in [-0.15, -0.1) is 0 Å². The number of nitrogens with one attached hydrogen (secondary N) is 3. The average molecular weight is 389 g/mol. The number of fused-ring (bicyclic) bond motifs is 1. The Balaban J connectivity index is 1.26. The van der Waals surface area contributed by atoms with Crippen LogP contribution in [0.5, 0.6) is 0 Å². The van der Waals surface area contributed by atoms with E-state index >= 15 is 0 Å². The van der Waals surface area contributed by atoms with Crippen molar-refractivity contribution in [2.24, 2.45) is 5.92 Å². The predicted octanol–water partition coefficient (Wildman–Crippen LogP) is 2.90. The minimum absolute atomic E-state index is 0.239. The number of hydrogen-bond donors (Lipinski definition) is 4. The van der Waals surface area contributed by atoms with E-state index in [1.165, 1.54) is 46.3 Å². The Morgan fingerprint density at radius 1 is 1.10 bits per heavy atom. The molecule has 29 heavy (non-hydrogen) atoms. The van der Waals surface area contributed by atoms with Gasteiger partial charge in [0.25, 0.3) is 0 Å². The number of aliphatic hydroxyl groups excluding tert-OH is 1. The maximum Gasteiger partial charge on any atom is 0.110 e. The fourth-order valence-corrected chi connectivity index (χ4v) is 4.61. The molecule has 2 aromatic carbocycles. The molecule has 0 spiro atoms. The van der Waals surface area contributed by atoms with Gasteiger partial charge >= 0.3 is 0 Å². The van der Waals surface area contributed by atoms with E-state index in [-0.39, 0.29) is 6.23 Å². The number of aliphatic hydroxyl groups is 1. The number of nitrogens with zero attached hydrogens (tertiary/aromatic N) is 1. The van der Waals surface area contributed by atoms with Gasteiger partial charge in [0.05, 0.1) is 6.04 Å². The van der Waals surface area contributed by atoms with Crippen LogP contribution in [0.3, 0.4) is 0 Å². The van der Waals surface area contributed by atoms with Crippen LogP contribution in [0, 0.1) is 5.92 Å². The van der Waals surface area contributed by atoms with Crippen LogP contribution >= 0.6 is 0 Å². The summed E-state index contributed by atoms with van der Waals surface area (Å²) in [6.07, 6.45) is 6.33. The Kier molecular flexibility index (Phi) is 4.15. The molecule has 4 N–H and O–H groups in total. The molecular formula is C24H28N4O. The largest absolute Gasteiger partial charge is 0.387 e. The fourth-order valence-electron chi connectivity index (χ4n) is 4.61. The van der Waals surface area contributed by atoms with Gasteiger partial charge in [0.1, 0.15) is 6.23 Å². The van der Waals surface area contributed by atoms with Crippen LogP contribution in [0.1, 0.15) is 35.6 Å². The zero-order chi connectivity index (χ0) is 19.4. The second kappa shape index (κ2) is 6.87. The lowest BCUT2D eigenvalue weighted by atomic mass is 9.94. The molecule has 2 unspecified atom stereocenters. The summed E-state index contributed by atoms with van der Waals surface area (Å²) in [6, 6.07) is 14.4. The molecule has 5 nitrogen and oxygen atoms in total. The Bertz CT molecular complexity index is 957. The van der Waals surface area contributed by atoms with Crippen molar-refractivity contribution in [3.63, 3.8) is 0 Å². The highest BCUT2D eigenvalue weighted by Gasteiger charge is 2.39. The minimum atomic E-state index is -0.239. The monoisotopic (exact) mass is 388 g/mol. The quantitative estimate of drug-likeness (QED) is 0.573.